The van der Waals surface area contributed by atoms with Crippen LogP contribution in [0.25, 0.3) is 0 Å². The van der Waals surface area contributed by atoms with Crippen molar-refractivity contribution in [3.63, 3.8) is 0 Å². The van der Waals surface area contributed by atoms with E-state index < -0.39 is 24.7 Å². The highest BCUT2D eigenvalue weighted by Gasteiger charge is 2.32. The number of amides is 1. The molecule has 1 unspecified atom stereocenters. The second-order valence-corrected chi connectivity index (χ2v) is 4.53. The van der Waals surface area contributed by atoms with Crippen LogP contribution in [0.15, 0.2) is 0 Å². The zero-order valence-electron chi connectivity index (χ0n) is 10.1. The van der Waals surface area contributed by atoms with Crippen LogP contribution in [0.1, 0.15) is 6.42 Å². The molecule has 1 fully saturated rings. The maximum atomic E-state index is 12.2. The van der Waals surface area contributed by atoms with Crippen molar-refractivity contribution in [2.75, 3.05) is 39.3 Å². The third kappa shape index (κ3) is 5.65. The molecule has 0 aliphatic carbocycles. The van der Waals surface area contributed by atoms with Gasteiger partial charge < -0.3 is 16.4 Å². The van der Waals surface area contributed by atoms with Gasteiger partial charge in [0, 0.05) is 32.7 Å². The molecule has 0 aromatic rings. The van der Waals surface area contributed by atoms with Gasteiger partial charge >= 0.3 is 6.18 Å². The first-order valence-corrected chi connectivity index (χ1v) is 5.84. The summed E-state index contributed by atoms with van der Waals surface area (Å²) in [7, 11) is 0. The molecule has 8 heteroatoms. The fourth-order valence-corrected chi connectivity index (χ4v) is 1.89. The molecule has 0 spiro atoms. The van der Waals surface area contributed by atoms with Crippen molar-refractivity contribution in [3.05, 3.63) is 0 Å². The molecule has 1 rings (SSSR count). The van der Waals surface area contributed by atoms with E-state index in [1.165, 1.54) is 4.90 Å². The molecule has 18 heavy (non-hydrogen) atoms. The second-order valence-electron chi connectivity index (χ2n) is 4.53. The Balaban J connectivity index is 2.21. The van der Waals surface area contributed by atoms with Crippen LogP contribution in [0.5, 0.6) is 0 Å². The first kappa shape index (κ1) is 15.2. The molecule has 106 valence electrons. The van der Waals surface area contributed by atoms with Crippen LogP contribution in [0, 0.1) is 0 Å². The van der Waals surface area contributed by atoms with Gasteiger partial charge in [-0.1, -0.05) is 0 Å². The first-order chi connectivity index (χ1) is 8.28. The highest BCUT2D eigenvalue weighted by Crippen LogP contribution is 2.17. The molecule has 4 N–H and O–H groups in total. The minimum atomic E-state index is -4.14. The summed E-state index contributed by atoms with van der Waals surface area (Å²) in [5, 5.41) is 0. The SMILES string of the molecule is NC(=O)C(N)CCN1CCN(CC(F)(F)F)CC1. The predicted octanol–water partition coefficient (Wildman–Crippen LogP) is -0.631. The minimum absolute atomic E-state index is 0.380. The first-order valence-electron chi connectivity index (χ1n) is 5.84. The van der Waals surface area contributed by atoms with Crippen LogP contribution in [-0.2, 0) is 4.79 Å². The van der Waals surface area contributed by atoms with Gasteiger partial charge in [-0.2, -0.15) is 13.2 Å². The number of rotatable bonds is 5. The standard InChI is InChI=1S/C10H19F3N4O/c11-10(12,13)7-17-5-3-16(4-6-17)2-1-8(14)9(15)18/h8H,1-7,14H2,(H2,15,18). The Bertz CT molecular complexity index is 277. The number of carbonyl (C=O) groups excluding carboxylic acids is 1. The van der Waals surface area contributed by atoms with Crippen molar-refractivity contribution in [2.24, 2.45) is 11.5 Å². The van der Waals surface area contributed by atoms with Crippen molar-refractivity contribution < 1.29 is 18.0 Å². The average molecular weight is 268 g/mol. The van der Waals surface area contributed by atoms with E-state index >= 15 is 0 Å². The molecule has 0 radical (unpaired) electrons. The van der Waals surface area contributed by atoms with Crippen molar-refractivity contribution in [1.29, 1.82) is 0 Å². The monoisotopic (exact) mass is 268 g/mol. The third-order valence-electron chi connectivity index (χ3n) is 2.99. The number of piperazine rings is 1. The molecule has 5 nitrogen and oxygen atoms in total. The van der Waals surface area contributed by atoms with E-state index in [0.717, 1.165) is 0 Å². The van der Waals surface area contributed by atoms with Gasteiger partial charge in [0.25, 0.3) is 0 Å². The van der Waals surface area contributed by atoms with Gasteiger partial charge in [0.2, 0.25) is 5.91 Å². The van der Waals surface area contributed by atoms with Crippen LogP contribution in [-0.4, -0.2) is 67.2 Å². The van der Waals surface area contributed by atoms with E-state index in [9.17, 15) is 18.0 Å². The van der Waals surface area contributed by atoms with Gasteiger partial charge in [-0.15, -0.1) is 0 Å². The van der Waals surface area contributed by atoms with Gasteiger partial charge in [0.05, 0.1) is 12.6 Å². The van der Waals surface area contributed by atoms with Crippen LogP contribution >= 0.6 is 0 Å². The number of alkyl halides is 3. The molecule has 1 amide bonds. The predicted molar refractivity (Wildman–Crippen MR) is 60.7 cm³/mol. The third-order valence-corrected chi connectivity index (χ3v) is 2.99. The summed E-state index contributed by atoms with van der Waals surface area (Å²) in [5.74, 6) is -0.550. The molecule has 1 atom stereocenters. The lowest BCUT2D eigenvalue weighted by molar-refractivity contribution is -0.149. The number of halogens is 3. The molecular weight excluding hydrogens is 249 g/mol. The van der Waals surface area contributed by atoms with E-state index in [-0.39, 0.29) is 0 Å². The Labute approximate surface area is 104 Å². The second kappa shape index (κ2) is 6.35. The number of nitrogens with two attached hydrogens (primary N) is 2. The normalized spacial score (nSPS) is 20.9. The summed E-state index contributed by atoms with van der Waals surface area (Å²) in [4.78, 5) is 14.1. The lowest BCUT2D eigenvalue weighted by atomic mass is 10.2. The van der Waals surface area contributed by atoms with Gasteiger partial charge in [-0.3, -0.25) is 9.69 Å². The molecule has 1 aliphatic rings. The topological polar surface area (TPSA) is 75.6 Å². The van der Waals surface area contributed by atoms with E-state index in [4.69, 9.17) is 11.5 Å². The van der Waals surface area contributed by atoms with Gasteiger partial charge in [-0.25, -0.2) is 0 Å². The number of hydrogen-bond donors (Lipinski definition) is 2. The molecule has 1 saturated heterocycles. The highest BCUT2D eigenvalue weighted by atomic mass is 19.4. The summed E-state index contributed by atoms with van der Waals surface area (Å²) in [6.45, 7) is 1.60. The number of carbonyl (C=O) groups is 1. The van der Waals surface area contributed by atoms with Crippen molar-refractivity contribution >= 4 is 5.91 Å². The van der Waals surface area contributed by atoms with Crippen molar-refractivity contribution in [1.82, 2.24) is 9.80 Å². The van der Waals surface area contributed by atoms with E-state index in [1.54, 1.807) is 0 Å². The molecule has 0 aromatic carbocycles. The molecule has 0 saturated carbocycles. The van der Waals surface area contributed by atoms with Crippen LogP contribution < -0.4 is 11.5 Å². The lowest BCUT2D eigenvalue weighted by Gasteiger charge is -2.35. The summed E-state index contributed by atoms with van der Waals surface area (Å²) in [5.41, 5.74) is 10.5. The van der Waals surface area contributed by atoms with Crippen molar-refractivity contribution in [2.45, 2.75) is 18.6 Å². The fraction of sp³-hybridized carbons (Fsp3) is 0.900. The minimum Gasteiger partial charge on any atom is -0.368 e. The fourth-order valence-electron chi connectivity index (χ4n) is 1.89. The molecule has 0 bridgehead atoms. The van der Waals surface area contributed by atoms with Crippen LogP contribution in [0.2, 0.25) is 0 Å². The number of hydrogen-bond acceptors (Lipinski definition) is 4. The largest absolute Gasteiger partial charge is 0.401 e. The van der Waals surface area contributed by atoms with E-state index in [1.807, 2.05) is 4.90 Å². The Hall–Kier alpha value is -0.860. The lowest BCUT2D eigenvalue weighted by Crippen LogP contribution is -2.50. The van der Waals surface area contributed by atoms with Gasteiger partial charge in [-0.05, 0) is 6.42 Å². The molecule has 1 aliphatic heterocycles. The summed E-state index contributed by atoms with van der Waals surface area (Å²) < 4.78 is 36.5. The Morgan fingerprint density at radius 1 is 1.17 bits per heavy atom. The molecule has 1 heterocycles. The van der Waals surface area contributed by atoms with Gasteiger partial charge in [0.1, 0.15) is 0 Å². The smallest absolute Gasteiger partial charge is 0.368 e. The van der Waals surface area contributed by atoms with E-state index in [2.05, 4.69) is 0 Å². The number of nitrogens with zero attached hydrogens (tertiary/aromatic N) is 2. The molecule has 0 aromatic heterocycles. The Morgan fingerprint density at radius 2 is 1.67 bits per heavy atom. The Morgan fingerprint density at radius 3 is 2.11 bits per heavy atom. The maximum Gasteiger partial charge on any atom is 0.401 e. The van der Waals surface area contributed by atoms with Gasteiger partial charge in [0.15, 0.2) is 0 Å². The van der Waals surface area contributed by atoms with E-state index in [0.29, 0.717) is 39.1 Å². The molecular formula is C10H19F3N4O. The number of primary amides is 1. The summed E-state index contributed by atoms with van der Waals surface area (Å²) in [6.07, 6.45) is -3.70. The zero-order chi connectivity index (χ0) is 13.8. The highest BCUT2D eigenvalue weighted by molar-refractivity contribution is 5.79. The quantitative estimate of drug-likeness (QED) is 0.696. The van der Waals surface area contributed by atoms with Crippen molar-refractivity contribution in [3.8, 4) is 0 Å². The maximum absolute atomic E-state index is 12.2. The van der Waals surface area contributed by atoms with Crippen LogP contribution in [0.4, 0.5) is 13.2 Å². The average Bonchev–Trinajstić information content (AvgIpc) is 2.25. The zero-order valence-corrected chi connectivity index (χ0v) is 10.1. The van der Waals surface area contributed by atoms with Crippen LogP contribution in [0.3, 0.4) is 0 Å². The summed E-state index contributed by atoms with van der Waals surface area (Å²) in [6, 6.07) is -0.682. The summed E-state index contributed by atoms with van der Waals surface area (Å²) >= 11 is 0. The Kier molecular flexibility index (Phi) is 5.36.